The Morgan fingerprint density at radius 3 is 2.43 bits per heavy atom. The van der Waals surface area contributed by atoms with Crippen LogP contribution in [-0.4, -0.2) is 87.9 Å². The maximum Gasteiger partial charge on any atom is 0.220 e. The predicted molar refractivity (Wildman–Crippen MR) is 118 cm³/mol. The van der Waals surface area contributed by atoms with Crippen LogP contribution in [0.3, 0.4) is 0 Å². The molecule has 1 aliphatic heterocycles. The van der Waals surface area contributed by atoms with Gasteiger partial charge in [-0.25, -0.2) is 16.8 Å². The van der Waals surface area contributed by atoms with E-state index in [1.807, 2.05) is 11.8 Å². The van der Waals surface area contributed by atoms with Gasteiger partial charge >= 0.3 is 0 Å². The third-order valence-electron chi connectivity index (χ3n) is 4.19. The second kappa shape index (κ2) is 11.3. The topological polar surface area (TPSA) is 125 Å². The molecule has 0 aromatic carbocycles. The van der Waals surface area contributed by atoms with Crippen molar-refractivity contribution in [3.63, 3.8) is 0 Å². The molecule has 28 heavy (non-hydrogen) atoms. The number of hydrogen-bond acceptors (Lipinski definition) is 7. The molecule has 162 valence electrons. The average molecular weight is 549 g/mol. The summed E-state index contributed by atoms with van der Waals surface area (Å²) in [7, 11) is -6.53. The van der Waals surface area contributed by atoms with E-state index in [0.29, 0.717) is 44.4 Å². The Hall–Kier alpha value is -0.930. The largest absolute Gasteiger partial charge is 0.364 e. The van der Waals surface area contributed by atoms with Crippen LogP contribution in [0.25, 0.3) is 0 Å². The molecule has 0 spiro atoms. The molecule has 1 aromatic heterocycles. The second-order valence-corrected chi connectivity index (χ2v) is 10.5. The van der Waals surface area contributed by atoms with Crippen LogP contribution in [0.4, 0.5) is 0 Å². The summed E-state index contributed by atoms with van der Waals surface area (Å²) in [6, 6.07) is 1.54. The van der Waals surface area contributed by atoms with Crippen molar-refractivity contribution in [2.24, 2.45) is 4.99 Å². The van der Waals surface area contributed by atoms with Crippen LogP contribution in [0.5, 0.6) is 0 Å². The number of nitrogens with zero attached hydrogens (tertiary/aromatic N) is 4. The fourth-order valence-electron chi connectivity index (χ4n) is 2.63. The number of piperazine rings is 1. The van der Waals surface area contributed by atoms with Gasteiger partial charge in [0.2, 0.25) is 10.0 Å². The SMILES string of the molecule is CCNC(=NCCS(=O)(=O)CC)N1CCN(S(=O)(=O)Cc2ccon2)CC1.I. The van der Waals surface area contributed by atoms with Crippen molar-refractivity contribution in [3.8, 4) is 0 Å². The van der Waals surface area contributed by atoms with E-state index in [4.69, 9.17) is 0 Å². The van der Waals surface area contributed by atoms with Crippen LogP contribution >= 0.6 is 24.0 Å². The highest BCUT2D eigenvalue weighted by atomic mass is 127. The summed E-state index contributed by atoms with van der Waals surface area (Å²) in [5.41, 5.74) is 0.379. The molecule has 1 N–H and O–H groups in total. The number of aliphatic imine (C=N–C) groups is 1. The van der Waals surface area contributed by atoms with Gasteiger partial charge in [-0.1, -0.05) is 12.1 Å². The van der Waals surface area contributed by atoms with Crippen molar-refractivity contribution in [1.29, 1.82) is 0 Å². The second-order valence-electron chi connectivity index (χ2n) is 6.11. The van der Waals surface area contributed by atoms with Gasteiger partial charge in [-0.05, 0) is 6.92 Å². The van der Waals surface area contributed by atoms with E-state index in [2.05, 4.69) is 20.0 Å². The first-order valence-corrected chi connectivity index (χ1v) is 12.3. The standard InChI is InChI=1S/C15H27N5O5S2.HI/c1-3-16-15(17-6-12-26(21,22)4-2)19-7-9-20(10-8-19)27(23,24)13-14-5-11-25-18-14;/h5,11H,3-4,6-10,12-13H2,1-2H3,(H,16,17);1H. The van der Waals surface area contributed by atoms with Crippen molar-refractivity contribution in [2.75, 3.05) is 50.8 Å². The lowest BCUT2D eigenvalue weighted by Gasteiger charge is -2.35. The number of hydrogen-bond donors (Lipinski definition) is 1. The molecule has 1 aliphatic rings. The minimum Gasteiger partial charge on any atom is -0.364 e. The highest BCUT2D eigenvalue weighted by molar-refractivity contribution is 14.0. The molecular weight excluding hydrogens is 521 g/mol. The molecule has 2 rings (SSSR count). The molecule has 1 saturated heterocycles. The van der Waals surface area contributed by atoms with Crippen LogP contribution in [0.1, 0.15) is 19.5 Å². The first-order valence-electron chi connectivity index (χ1n) is 8.88. The highest BCUT2D eigenvalue weighted by Gasteiger charge is 2.29. The zero-order chi connectivity index (χ0) is 19.9. The zero-order valence-electron chi connectivity index (χ0n) is 16.1. The summed E-state index contributed by atoms with van der Waals surface area (Å²) in [5.74, 6) is 0.523. The molecule has 2 heterocycles. The van der Waals surface area contributed by atoms with E-state index < -0.39 is 19.9 Å². The normalized spacial score (nSPS) is 16.6. The van der Waals surface area contributed by atoms with E-state index in [1.54, 1.807) is 6.92 Å². The number of nitrogens with one attached hydrogen (secondary N) is 1. The minimum absolute atomic E-state index is 0. The van der Waals surface area contributed by atoms with Crippen molar-refractivity contribution in [3.05, 3.63) is 18.0 Å². The number of guanidine groups is 1. The van der Waals surface area contributed by atoms with E-state index in [-0.39, 0.29) is 47.8 Å². The predicted octanol–water partition coefficient (Wildman–Crippen LogP) is 0.140. The molecule has 0 saturated carbocycles. The van der Waals surface area contributed by atoms with E-state index in [9.17, 15) is 16.8 Å². The molecule has 0 radical (unpaired) electrons. The summed E-state index contributed by atoms with van der Waals surface area (Å²) in [5, 5.41) is 6.79. The van der Waals surface area contributed by atoms with Crippen LogP contribution < -0.4 is 5.32 Å². The van der Waals surface area contributed by atoms with Crippen molar-refractivity contribution < 1.29 is 21.4 Å². The molecule has 1 aromatic rings. The summed E-state index contributed by atoms with van der Waals surface area (Å²) in [6.07, 6.45) is 1.35. The fraction of sp³-hybridized carbons (Fsp3) is 0.733. The van der Waals surface area contributed by atoms with Gasteiger partial charge in [0.1, 0.15) is 12.0 Å². The molecule has 13 heteroatoms. The van der Waals surface area contributed by atoms with Gasteiger partial charge in [-0.15, -0.1) is 24.0 Å². The van der Waals surface area contributed by atoms with Gasteiger partial charge in [0.05, 0.1) is 18.0 Å². The van der Waals surface area contributed by atoms with E-state index in [1.165, 1.54) is 16.6 Å². The van der Waals surface area contributed by atoms with Crippen LogP contribution in [-0.2, 0) is 25.6 Å². The molecule has 0 unspecified atom stereocenters. The third-order valence-corrected chi connectivity index (χ3v) is 7.69. The first kappa shape index (κ1) is 25.1. The highest BCUT2D eigenvalue weighted by Crippen LogP contribution is 2.13. The number of halogens is 1. The number of aromatic nitrogens is 1. The van der Waals surface area contributed by atoms with Crippen LogP contribution in [0.2, 0.25) is 0 Å². The molecule has 1 fully saturated rings. The lowest BCUT2D eigenvalue weighted by Crippen LogP contribution is -2.54. The minimum atomic E-state index is -3.46. The van der Waals surface area contributed by atoms with Gasteiger partial charge in [-0.3, -0.25) is 4.99 Å². The van der Waals surface area contributed by atoms with E-state index in [0.717, 1.165) is 0 Å². The van der Waals surface area contributed by atoms with Crippen molar-refractivity contribution in [1.82, 2.24) is 19.7 Å². The number of sulfonamides is 1. The van der Waals surface area contributed by atoms with Gasteiger partial charge in [0, 0.05) is 44.5 Å². The average Bonchev–Trinajstić information content (AvgIpc) is 3.13. The lowest BCUT2D eigenvalue weighted by molar-refractivity contribution is 0.260. The maximum absolute atomic E-state index is 12.5. The molecular formula is C15H28IN5O5S2. The zero-order valence-corrected chi connectivity index (χ0v) is 20.0. The Kier molecular flexibility index (Phi) is 10.1. The Bertz CT molecular complexity index is 819. The van der Waals surface area contributed by atoms with E-state index >= 15 is 0 Å². The monoisotopic (exact) mass is 549 g/mol. The number of rotatable bonds is 8. The van der Waals surface area contributed by atoms with Gasteiger partial charge in [-0.2, -0.15) is 4.31 Å². The van der Waals surface area contributed by atoms with Gasteiger partial charge in [0.25, 0.3) is 0 Å². The summed E-state index contributed by atoms with van der Waals surface area (Å²) in [6.45, 7) is 5.98. The van der Waals surface area contributed by atoms with Gasteiger partial charge < -0.3 is 14.7 Å². The summed E-state index contributed by atoms with van der Waals surface area (Å²) in [4.78, 5) is 6.33. The van der Waals surface area contributed by atoms with Gasteiger partial charge in [0.15, 0.2) is 15.8 Å². The Morgan fingerprint density at radius 2 is 1.89 bits per heavy atom. The third kappa shape index (κ3) is 7.48. The number of sulfone groups is 1. The molecule has 0 amide bonds. The molecule has 0 bridgehead atoms. The Balaban J connectivity index is 0.00000392. The Morgan fingerprint density at radius 1 is 1.21 bits per heavy atom. The summed E-state index contributed by atoms with van der Waals surface area (Å²) < 4.78 is 54.3. The molecule has 10 nitrogen and oxygen atoms in total. The maximum atomic E-state index is 12.5. The van der Waals surface area contributed by atoms with Crippen LogP contribution in [0.15, 0.2) is 21.8 Å². The Labute approximate surface area is 183 Å². The van der Waals surface area contributed by atoms with Crippen LogP contribution in [0, 0.1) is 0 Å². The van der Waals surface area contributed by atoms with Crippen molar-refractivity contribution >= 4 is 49.8 Å². The fourth-order valence-corrected chi connectivity index (χ4v) is 4.71. The quantitative estimate of drug-likeness (QED) is 0.276. The lowest BCUT2D eigenvalue weighted by atomic mass is 10.4. The smallest absolute Gasteiger partial charge is 0.220 e. The molecule has 0 atom stereocenters. The molecule has 0 aliphatic carbocycles. The first-order chi connectivity index (χ1) is 12.8. The summed E-state index contributed by atoms with van der Waals surface area (Å²) >= 11 is 0. The van der Waals surface area contributed by atoms with Crippen molar-refractivity contribution in [2.45, 2.75) is 19.6 Å².